The molecule has 2 aliphatic rings. The van der Waals surface area contributed by atoms with Crippen LogP contribution in [-0.4, -0.2) is 62.0 Å². The number of hydrogen-bond donors (Lipinski definition) is 1. The molecule has 16 heavy (non-hydrogen) atoms. The summed E-state index contributed by atoms with van der Waals surface area (Å²) in [5.74, 6) is 1.04. The molecule has 2 heterocycles. The summed E-state index contributed by atoms with van der Waals surface area (Å²) in [6.45, 7) is 3.64. The number of halogens is 2. The van der Waals surface area contributed by atoms with E-state index in [1.807, 2.05) is 23.9 Å². The van der Waals surface area contributed by atoms with Crippen molar-refractivity contribution in [3.63, 3.8) is 0 Å². The standard InChI is InChI=1S/C10H19N3O.2ClH/c1-12(2)7-10(14)13-6-8-3-4-11-5-9(8)13;;/h8-9,11H,3-7H2,1-2H3;2*1H/t8-,9-;;/m0../s1. The second-order valence-corrected chi connectivity index (χ2v) is 4.60. The highest BCUT2D eigenvalue weighted by molar-refractivity contribution is 5.85. The minimum Gasteiger partial charge on any atom is -0.337 e. The van der Waals surface area contributed by atoms with Crippen molar-refractivity contribution in [1.82, 2.24) is 15.1 Å². The van der Waals surface area contributed by atoms with Crippen LogP contribution in [0.1, 0.15) is 6.42 Å². The maximum Gasteiger partial charge on any atom is 0.237 e. The van der Waals surface area contributed by atoms with Crippen LogP contribution in [0, 0.1) is 5.92 Å². The largest absolute Gasteiger partial charge is 0.337 e. The van der Waals surface area contributed by atoms with E-state index in [4.69, 9.17) is 0 Å². The number of carbonyl (C=O) groups excluding carboxylic acids is 1. The molecule has 2 rings (SSSR count). The number of nitrogens with zero attached hydrogens (tertiary/aromatic N) is 2. The molecular formula is C10H21Cl2N3O. The van der Waals surface area contributed by atoms with Crippen molar-refractivity contribution in [2.75, 3.05) is 40.3 Å². The van der Waals surface area contributed by atoms with Gasteiger partial charge in [0.05, 0.1) is 6.54 Å². The first-order valence-electron chi connectivity index (χ1n) is 5.33. The predicted molar refractivity (Wildman–Crippen MR) is 69.5 cm³/mol. The van der Waals surface area contributed by atoms with E-state index in [0.29, 0.717) is 12.6 Å². The number of likely N-dealkylation sites (tertiary alicyclic amines) is 1. The summed E-state index contributed by atoms with van der Waals surface area (Å²) < 4.78 is 0. The number of nitrogens with one attached hydrogen (secondary N) is 1. The molecule has 0 aliphatic carbocycles. The predicted octanol–water partition coefficient (Wildman–Crippen LogP) is 0.212. The summed E-state index contributed by atoms with van der Waals surface area (Å²) in [5, 5.41) is 3.35. The van der Waals surface area contributed by atoms with Crippen LogP contribution in [0.5, 0.6) is 0 Å². The van der Waals surface area contributed by atoms with Crippen LogP contribution in [0.2, 0.25) is 0 Å². The molecule has 0 unspecified atom stereocenters. The van der Waals surface area contributed by atoms with Crippen molar-refractivity contribution in [3.8, 4) is 0 Å². The van der Waals surface area contributed by atoms with Crippen molar-refractivity contribution < 1.29 is 4.79 Å². The molecule has 2 atom stereocenters. The topological polar surface area (TPSA) is 35.6 Å². The monoisotopic (exact) mass is 269 g/mol. The Kier molecular flexibility index (Phi) is 6.63. The molecule has 0 aromatic heterocycles. The zero-order valence-corrected chi connectivity index (χ0v) is 11.4. The van der Waals surface area contributed by atoms with Crippen molar-refractivity contribution in [2.24, 2.45) is 5.92 Å². The average molecular weight is 270 g/mol. The van der Waals surface area contributed by atoms with Gasteiger partial charge >= 0.3 is 0 Å². The number of carbonyl (C=O) groups is 1. The highest BCUT2D eigenvalue weighted by atomic mass is 35.5. The highest BCUT2D eigenvalue weighted by Gasteiger charge is 2.42. The zero-order valence-electron chi connectivity index (χ0n) is 9.81. The van der Waals surface area contributed by atoms with Gasteiger partial charge in [-0.25, -0.2) is 0 Å². The summed E-state index contributed by atoms with van der Waals surface area (Å²) in [6.07, 6.45) is 1.23. The molecule has 2 saturated heterocycles. The molecule has 2 aliphatic heterocycles. The van der Waals surface area contributed by atoms with Crippen molar-refractivity contribution in [1.29, 1.82) is 0 Å². The van der Waals surface area contributed by atoms with Gasteiger partial charge in [0.2, 0.25) is 5.91 Å². The fraction of sp³-hybridized carbons (Fsp3) is 0.900. The van der Waals surface area contributed by atoms with E-state index in [0.717, 1.165) is 25.6 Å². The maximum absolute atomic E-state index is 11.7. The molecule has 4 nitrogen and oxygen atoms in total. The number of hydrogen-bond acceptors (Lipinski definition) is 3. The number of piperidine rings is 1. The van der Waals surface area contributed by atoms with E-state index < -0.39 is 0 Å². The second kappa shape index (κ2) is 6.64. The van der Waals surface area contributed by atoms with E-state index in [1.54, 1.807) is 0 Å². The molecule has 0 bridgehead atoms. The molecule has 1 amide bonds. The molecule has 0 aromatic rings. The van der Waals surface area contributed by atoms with Crippen LogP contribution >= 0.6 is 24.8 Å². The minimum absolute atomic E-state index is 0. The van der Waals surface area contributed by atoms with Gasteiger partial charge in [0, 0.05) is 19.1 Å². The summed E-state index contributed by atoms with van der Waals surface area (Å²) in [4.78, 5) is 15.7. The van der Waals surface area contributed by atoms with Gasteiger partial charge in [0.1, 0.15) is 0 Å². The van der Waals surface area contributed by atoms with Crippen LogP contribution < -0.4 is 5.32 Å². The normalized spacial score (nSPS) is 27.3. The van der Waals surface area contributed by atoms with Crippen molar-refractivity contribution in [2.45, 2.75) is 12.5 Å². The Morgan fingerprint density at radius 2 is 2.12 bits per heavy atom. The van der Waals surface area contributed by atoms with E-state index >= 15 is 0 Å². The first-order chi connectivity index (χ1) is 6.68. The number of rotatable bonds is 2. The van der Waals surface area contributed by atoms with E-state index in [-0.39, 0.29) is 30.7 Å². The van der Waals surface area contributed by atoms with Crippen LogP contribution in [0.4, 0.5) is 0 Å². The fourth-order valence-corrected chi connectivity index (χ4v) is 2.37. The highest BCUT2D eigenvalue weighted by Crippen LogP contribution is 2.29. The van der Waals surface area contributed by atoms with Gasteiger partial charge < -0.3 is 15.1 Å². The lowest BCUT2D eigenvalue weighted by Crippen LogP contribution is -2.66. The Hall–Kier alpha value is -0.0300. The maximum atomic E-state index is 11.7. The summed E-state index contributed by atoms with van der Waals surface area (Å²) in [6, 6.07) is 0.483. The summed E-state index contributed by atoms with van der Waals surface area (Å²) >= 11 is 0. The number of likely N-dealkylation sites (N-methyl/N-ethyl adjacent to an activating group) is 1. The Morgan fingerprint density at radius 3 is 2.69 bits per heavy atom. The van der Waals surface area contributed by atoms with Crippen LogP contribution in [0.3, 0.4) is 0 Å². The van der Waals surface area contributed by atoms with Crippen LogP contribution in [-0.2, 0) is 4.79 Å². The third-order valence-corrected chi connectivity index (χ3v) is 3.19. The SMILES string of the molecule is CN(C)CC(=O)N1C[C@@H]2CCNC[C@@H]21.Cl.Cl. The molecule has 0 aromatic carbocycles. The molecular weight excluding hydrogens is 249 g/mol. The number of fused-ring (bicyclic) bond motifs is 1. The third-order valence-electron chi connectivity index (χ3n) is 3.19. The Balaban J connectivity index is 0.00000112. The van der Waals surface area contributed by atoms with Gasteiger partial charge in [-0.3, -0.25) is 4.79 Å². The minimum atomic E-state index is 0. The van der Waals surface area contributed by atoms with Gasteiger partial charge in [-0.05, 0) is 33.0 Å². The summed E-state index contributed by atoms with van der Waals surface area (Å²) in [5.41, 5.74) is 0. The smallest absolute Gasteiger partial charge is 0.237 e. The molecule has 0 saturated carbocycles. The first-order valence-corrected chi connectivity index (χ1v) is 5.33. The van der Waals surface area contributed by atoms with Gasteiger partial charge in [-0.1, -0.05) is 0 Å². The zero-order chi connectivity index (χ0) is 10.1. The molecule has 6 heteroatoms. The first kappa shape index (κ1) is 16.0. The van der Waals surface area contributed by atoms with E-state index in [9.17, 15) is 4.79 Å². The molecule has 1 N–H and O–H groups in total. The quantitative estimate of drug-likeness (QED) is 0.779. The Labute approximate surface area is 110 Å². The van der Waals surface area contributed by atoms with E-state index in [1.165, 1.54) is 6.42 Å². The lowest BCUT2D eigenvalue weighted by Gasteiger charge is -2.51. The fourth-order valence-electron chi connectivity index (χ4n) is 2.37. The molecule has 0 radical (unpaired) electrons. The van der Waals surface area contributed by atoms with Crippen molar-refractivity contribution in [3.05, 3.63) is 0 Å². The van der Waals surface area contributed by atoms with Crippen LogP contribution in [0.25, 0.3) is 0 Å². The molecule has 96 valence electrons. The Morgan fingerprint density at radius 1 is 1.44 bits per heavy atom. The van der Waals surface area contributed by atoms with E-state index in [2.05, 4.69) is 5.32 Å². The molecule has 0 spiro atoms. The van der Waals surface area contributed by atoms with Gasteiger partial charge in [-0.2, -0.15) is 0 Å². The van der Waals surface area contributed by atoms with Gasteiger partial charge in [-0.15, -0.1) is 24.8 Å². The number of amides is 1. The Bertz CT molecular complexity index is 238. The average Bonchev–Trinajstić information content (AvgIpc) is 2.05. The van der Waals surface area contributed by atoms with Gasteiger partial charge in [0.15, 0.2) is 0 Å². The third kappa shape index (κ3) is 3.23. The summed E-state index contributed by atoms with van der Waals surface area (Å²) in [7, 11) is 3.88. The second-order valence-electron chi connectivity index (χ2n) is 4.60. The van der Waals surface area contributed by atoms with Crippen LogP contribution in [0.15, 0.2) is 0 Å². The van der Waals surface area contributed by atoms with Crippen molar-refractivity contribution >= 4 is 30.7 Å². The lowest BCUT2D eigenvalue weighted by atomic mass is 9.83. The lowest BCUT2D eigenvalue weighted by molar-refractivity contribution is -0.145. The molecule has 2 fully saturated rings. The van der Waals surface area contributed by atoms with Gasteiger partial charge in [0.25, 0.3) is 0 Å².